The molecule has 0 saturated carbocycles. The molecule has 0 aliphatic carbocycles. The molecule has 2 heterocycles. The molecular weight excluding hydrogens is 243 g/mol. The van der Waals surface area contributed by atoms with E-state index in [0.717, 1.165) is 19.5 Å². The third-order valence-electron chi connectivity index (χ3n) is 4.57. The first-order chi connectivity index (χ1) is 9.01. The monoisotopic (exact) mass is 262 g/mol. The van der Waals surface area contributed by atoms with Crippen molar-refractivity contribution in [3.05, 3.63) is 30.1 Å². The fourth-order valence-corrected chi connectivity index (χ4v) is 3.51. The van der Waals surface area contributed by atoms with Gasteiger partial charge in [-0.2, -0.15) is 0 Å². The van der Waals surface area contributed by atoms with E-state index >= 15 is 0 Å². The lowest BCUT2D eigenvalue weighted by atomic mass is 9.75. The molecule has 2 unspecified atom stereocenters. The van der Waals surface area contributed by atoms with Gasteiger partial charge in [0.25, 0.3) is 0 Å². The van der Waals surface area contributed by atoms with Crippen LogP contribution in [0.2, 0.25) is 0 Å². The average Bonchev–Trinajstić information content (AvgIpc) is 2.58. The fraction of sp³-hybridized carbons (Fsp3) is 0.533. The van der Waals surface area contributed by atoms with Gasteiger partial charge in [-0.05, 0) is 37.1 Å². The zero-order chi connectivity index (χ0) is 13.6. The number of halogens is 1. The summed E-state index contributed by atoms with van der Waals surface area (Å²) in [6.07, 6.45) is 0.995. The number of carbonyl (C=O) groups excluding carboxylic acids is 1. The standard InChI is InChI=1S/C15H19FN2O/c1-15(2)12-6-7-17-9-13(12)18(14(15)19)11-5-3-4-10(16)8-11/h3-5,8,12-13,17H,6-7,9H2,1-2H3. The third-order valence-corrected chi connectivity index (χ3v) is 4.57. The van der Waals surface area contributed by atoms with E-state index in [4.69, 9.17) is 0 Å². The Morgan fingerprint density at radius 2 is 2.21 bits per heavy atom. The molecule has 102 valence electrons. The summed E-state index contributed by atoms with van der Waals surface area (Å²) in [5.41, 5.74) is 0.313. The molecule has 1 N–H and O–H groups in total. The summed E-state index contributed by atoms with van der Waals surface area (Å²) in [6, 6.07) is 6.47. The van der Waals surface area contributed by atoms with Crippen LogP contribution in [0.1, 0.15) is 20.3 Å². The molecule has 2 aliphatic heterocycles. The largest absolute Gasteiger partial charge is 0.315 e. The molecule has 1 aromatic carbocycles. The van der Waals surface area contributed by atoms with Crippen molar-refractivity contribution in [3.63, 3.8) is 0 Å². The van der Waals surface area contributed by atoms with Crippen LogP contribution in [0.3, 0.4) is 0 Å². The van der Waals surface area contributed by atoms with Crippen LogP contribution < -0.4 is 10.2 Å². The molecule has 3 rings (SSSR count). The number of fused-ring (bicyclic) bond motifs is 1. The normalized spacial score (nSPS) is 29.4. The SMILES string of the molecule is CC1(C)C(=O)N(c2cccc(F)c2)C2CNCCC21. The molecule has 19 heavy (non-hydrogen) atoms. The Morgan fingerprint density at radius 1 is 1.42 bits per heavy atom. The van der Waals surface area contributed by atoms with E-state index in [1.807, 2.05) is 19.9 Å². The highest BCUT2D eigenvalue weighted by Gasteiger charge is 2.54. The van der Waals surface area contributed by atoms with Gasteiger partial charge in [-0.1, -0.05) is 19.9 Å². The molecule has 0 aromatic heterocycles. The number of piperidine rings is 1. The molecule has 0 spiro atoms. The summed E-state index contributed by atoms with van der Waals surface area (Å²) in [4.78, 5) is 14.5. The van der Waals surface area contributed by atoms with Crippen molar-refractivity contribution >= 4 is 11.6 Å². The second-order valence-corrected chi connectivity index (χ2v) is 6.04. The average molecular weight is 262 g/mol. The number of anilines is 1. The molecule has 2 fully saturated rings. The zero-order valence-corrected chi connectivity index (χ0v) is 11.3. The minimum absolute atomic E-state index is 0.108. The summed E-state index contributed by atoms with van der Waals surface area (Å²) >= 11 is 0. The number of benzene rings is 1. The first kappa shape index (κ1) is 12.6. The lowest BCUT2D eigenvalue weighted by Gasteiger charge is -2.33. The Labute approximate surface area is 112 Å². The predicted octanol–water partition coefficient (Wildman–Crippen LogP) is 2.18. The van der Waals surface area contributed by atoms with Crippen LogP contribution in [0.25, 0.3) is 0 Å². The van der Waals surface area contributed by atoms with Gasteiger partial charge in [-0.15, -0.1) is 0 Å². The molecule has 0 radical (unpaired) electrons. The molecule has 0 bridgehead atoms. The van der Waals surface area contributed by atoms with Crippen LogP contribution in [0, 0.1) is 17.2 Å². The zero-order valence-electron chi connectivity index (χ0n) is 11.3. The molecular formula is C15H19FN2O. The van der Waals surface area contributed by atoms with Gasteiger partial charge in [0, 0.05) is 17.6 Å². The molecule has 1 amide bonds. The van der Waals surface area contributed by atoms with E-state index in [0.29, 0.717) is 11.6 Å². The first-order valence-corrected chi connectivity index (χ1v) is 6.82. The maximum atomic E-state index is 13.4. The lowest BCUT2D eigenvalue weighted by molar-refractivity contribution is -0.125. The van der Waals surface area contributed by atoms with Crippen molar-refractivity contribution < 1.29 is 9.18 Å². The van der Waals surface area contributed by atoms with E-state index in [1.165, 1.54) is 12.1 Å². The molecule has 4 heteroatoms. The third kappa shape index (κ3) is 1.86. The van der Waals surface area contributed by atoms with Crippen molar-refractivity contribution in [3.8, 4) is 0 Å². The van der Waals surface area contributed by atoms with Gasteiger partial charge in [0.2, 0.25) is 5.91 Å². The number of nitrogens with one attached hydrogen (secondary N) is 1. The van der Waals surface area contributed by atoms with Crippen LogP contribution in [-0.4, -0.2) is 25.0 Å². The van der Waals surface area contributed by atoms with Gasteiger partial charge in [-0.3, -0.25) is 4.79 Å². The summed E-state index contributed by atoms with van der Waals surface area (Å²) in [5.74, 6) is 0.150. The van der Waals surface area contributed by atoms with Crippen molar-refractivity contribution in [2.24, 2.45) is 11.3 Å². The number of hydrogen-bond acceptors (Lipinski definition) is 2. The summed E-state index contributed by atoms with van der Waals surface area (Å²) in [5, 5.41) is 3.34. The van der Waals surface area contributed by atoms with Crippen LogP contribution in [0.4, 0.5) is 10.1 Å². The second kappa shape index (κ2) is 4.30. The Balaban J connectivity index is 2.03. The molecule has 2 aliphatic rings. The number of amides is 1. The van der Waals surface area contributed by atoms with Crippen LogP contribution >= 0.6 is 0 Å². The van der Waals surface area contributed by atoms with Crippen molar-refractivity contribution in [2.75, 3.05) is 18.0 Å². The fourth-order valence-electron chi connectivity index (χ4n) is 3.51. The van der Waals surface area contributed by atoms with Crippen LogP contribution in [0.5, 0.6) is 0 Å². The summed E-state index contributed by atoms with van der Waals surface area (Å²) < 4.78 is 13.4. The van der Waals surface area contributed by atoms with Crippen molar-refractivity contribution in [1.29, 1.82) is 0 Å². The summed E-state index contributed by atoms with van der Waals surface area (Å²) in [6.45, 7) is 5.76. The Hall–Kier alpha value is -1.42. The molecule has 2 saturated heterocycles. The second-order valence-electron chi connectivity index (χ2n) is 6.04. The van der Waals surface area contributed by atoms with Crippen LogP contribution in [-0.2, 0) is 4.79 Å². The minimum Gasteiger partial charge on any atom is -0.315 e. The van der Waals surface area contributed by atoms with Gasteiger partial charge >= 0.3 is 0 Å². The predicted molar refractivity (Wildman–Crippen MR) is 72.4 cm³/mol. The van der Waals surface area contributed by atoms with E-state index in [1.54, 1.807) is 11.0 Å². The van der Waals surface area contributed by atoms with Gasteiger partial charge in [0.1, 0.15) is 5.82 Å². The maximum absolute atomic E-state index is 13.4. The van der Waals surface area contributed by atoms with Crippen LogP contribution in [0.15, 0.2) is 24.3 Å². The highest BCUT2D eigenvalue weighted by Crippen LogP contribution is 2.45. The van der Waals surface area contributed by atoms with Gasteiger partial charge in [-0.25, -0.2) is 4.39 Å². The Bertz CT molecular complexity index is 515. The summed E-state index contributed by atoms with van der Waals surface area (Å²) in [7, 11) is 0. The van der Waals surface area contributed by atoms with Gasteiger partial charge in [0.15, 0.2) is 0 Å². The van der Waals surface area contributed by atoms with E-state index < -0.39 is 0 Å². The quantitative estimate of drug-likeness (QED) is 0.841. The van der Waals surface area contributed by atoms with Crippen molar-refractivity contribution in [2.45, 2.75) is 26.3 Å². The van der Waals surface area contributed by atoms with E-state index in [-0.39, 0.29) is 23.2 Å². The molecule has 2 atom stereocenters. The topological polar surface area (TPSA) is 32.3 Å². The van der Waals surface area contributed by atoms with Gasteiger partial charge in [0.05, 0.1) is 6.04 Å². The highest BCUT2D eigenvalue weighted by molar-refractivity contribution is 6.00. The first-order valence-electron chi connectivity index (χ1n) is 6.82. The minimum atomic E-state index is -0.362. The van der Waals surface area contributed by atoms with Crippen molar-refractivity contribution in [1.82, 2.24) is 5.32 Å². The number of hydrogen-bond donors (Lipinski definition) is 1. The van der Waals surface area contributed by atoms with Gasteiger partial charge < -0.3 is 10.2 Å². The number of carbonyl (C=O) groups is 1. The maximum Gasteiger partial charge on any atom is 0.233 e. The van der Waals surface area contributed by atoms with E-state index in [9.17, 15) is 9.18 Å². The number of rotatable bonds is 1. The molecule has 1 aromatic rings. The smallest absolute Gasteiger partial charge is 0.233 e. The Morgan fingerprint density at radius 3 is 2.95 bits per heavy atom. The Kier molecular flexibility index (Phi) is 2.86. The van der Waals surface area contributed by atoms with E-state index in [2.05, 4.69) is 5.32 Å². The molecule has 3 nitrogen and oxygen atoms in total. The number of nitrogens with zero attached hydrogens (tertiary/aromatic N) is 1. The highest BCUT2D eigenvalue weighted by atomic mass is 19.1. The lowest BCUT2D eigenvalue weighted by Crippen LogP contribution is -2.47.